The van der Waals surface area contributed by atoms with E-state index in [9.17, 15) is 4.79 Å². The summed E-state index contributed by atoms with van der Waals surface area (Å²) in [5.74, 6) is 1.96. The van der Waals surface area contributed by atoms with Crippen LogP contribution < -0.4 is 5.32 Å². The number of para-hydroxylation sites is 1. The zero-order chi connectivity index (χ0) is 24.3. The van der Waals surface area contributed by atoms with E-state index in [0.717, 1.165) is 48.1 Å². The van der Waals surface area contributed by atoms with E-state index in [-0.39, 0.29) is 5.91 Å². The molecule has 1 N–H and O–H groups in total. The Labute approximate surface area is 212 Å². The van der Waals surface area contributed by atoms with Crippen LogP contribution in [0, 0.1) is 6.92 Å². The Morgan fingerprint density at radius 1 is 0.857 bits per heavy atom. The maximum atomic E-state index is 12.2. The number of hydrogen-bond donors (Lipinski definition) is 1. The summed E-state index contributed by atoms with van der Waals surface area (Å²) in [5, 5.41) is 13.0. The lowest BCUT2D eigenvalue weighted by Crippen LogP contribution is -2.25. The number of thioether (sulfide) groups is 1. The Kier molecular flexibility index (Phi) is 9.12. The smallest absolute Gasteiger partial charge is 0.220 e. The highest BCUT2D eigenvalue weighted by Gasteiger charge is 2.16. The quantitative estimate of drug-likeness (QED) is 0.204. The predicted octanol–water partition coefficient (Wildman–Crippen LogP) is 5.79. The van der Waals surface area contributed by atoms with E-state index < -0.39 is 0 Å². The Bertz CT molecular complexity index is 1210. The van der Waals surface area contributed by atoms with Gasteiger partial charge >= 0.3 is 0 Å². The number of hydrogen-bond acceptors (Lipinski definition) is 4. The van der Waals surface area contributed by atoms with Crippen molar-refractivity contribution in [2.75, 3.05) is 12.3 Å². The molecule has 4 aromatic rings. The molecule has 0 saturated heterocycles. The average molecular weight is 485 g/mol. The molecule has 0 atom stereocenters. The molecule has 0 aliphatic rings. The van der Waals surface area contributed by atoms with Crippen LogP contribution in [0.25, 0.3) is 5.69 Å². The number of aryl methyl sites for hydroxylation is 1. The first kappa shape index (κ1) is 24.7. The monoisotopic (exact) mass is 484 g/mol. The number of benzene rings is 3. The van der Waals surface area contributed by atoms with Gasteiger partial charge < -0.3 is 5.32 Å². The first-order valence-electron chi connectivity index (χ1n) is 12.2. The van der Waals surface area contributed by atoms with Crippen molar-refractivity contribution in [1.82, 2.24) is 20.1 Å². The van der Waals surface area contributed by atoms with Crippen LogP contribution in [0.4, 0.5) is 0 Å². The van der Waals surface area contributed by atoms with Crippen molar-refractivity contribution in [2.45, 2.75) is 44.2 Å². The Hall–Kier alpha value is -3.38. The molecule has 5 nitrogen and oxygen atoms in total. The summed E-state index contributed by atoms with van der Waals surface area (Å²) in [6.45, 7) is 2.80. The number of rotatable bonds is 12. The summed E-state index contributed by atoms with van der Waals surface area (Å²) in [4.78, 5) is 12.2. The maximum absolute atomic E-state index is 12.2. The molecule has 0 aliphatic carbocycles. The van der Waals surface area contributed by atoms with Crippen molar-refractivity contribution in [3.05, 3.63) is 107 Å². The van der Waals surface area contributed by atoms with E-state index in [1.807, 2.05) is 24.3 Å². The number of nitrogens with one attached hydrogen (secondary N) is 1. The van der Waals surface area contributed by atoms with E-state index in [4.69, 9.17) is 0 Å². The molecule has 0 aliphatic heterocycles. The fraction of sp³-hybridized carbons (Fsp3) is 0.276. The molecule has 35 heavy (non-hydrogen) atoms. The largest absolute Gasteiger partial charge is 0.356 e. The van der Waals surface area contributed by atoms with E-state index in [1.54, 1.807) is 11.8 Å². The highest BCUT2D eigenvalue weighted by molar-refractivity contribution is 7.99. The van der Waals surface area contributed by atoms with Crippen LogP contribution in [0.3, 0.4) is 0 Å². The zero-order valence-corrected chi connectivity index (χ0v) is 21.0. The van der Waals surface area contributed by atoms with Gasteiger partial charge in [-0.15, -0.1) is 10.2 Å². The van der Waals surface area contributed by atoms with Crippen LogP contribution in [0.5, 0.6) is 0 Å². The summed E-state index contributed by atoms with van der Waals surface area (Å²) in [7, 11) is 0. The third-order valence-electron chi connectivity index (χ3n) is 5.87. The van der Waals surface area contributed by atoms with Crippen molar-refractivity contribution in [2.24, 2.45) is 0 Å². The number of unbranched alkanes of at least 4 members (excludes halogenated alkanes) is 1. The SMILES string of the molecule is Cc1ccccc1-n1c(Cc2ccccc2)nnc1SCCCCC(=O)NCCc1ccccc1. The van der Waals surface area contributed by atoms with Crippen LogP contribution in [0.15, 0.2) is 90.1 Å². The normalized spacial score (nSPS) is 10.9. The van der Waals surface area contributed by atoms with Gasteiger partial charge in [-0.3, -0.25) is 9.36 Å². The highest BCUT2D eigenvalue weighted by atomic mass is 32.2. The average Bonchev–Trinajstić information content (AvgIpc) is 3.27. The Morgan fingerprint density at radius 3 is 2.29 bits per heavy atom. The van der Waals surface area contributed by atoms with Crippen LogP contribution >= 0.6 is 11.8 Å². The predicted molar refractivity (Wildman–Crippen MR) is 143 cm³/mol. The standard InChI is InChI=1S/C29H32N4OS/c1-23-12-8-9-17-26(23)33-27(22-25-15-6-3-7-16-25)31-32-29(33)35-21-11-10-18-28(34)30-20-19-24-13-4-2-5-14-24/h2-9,12-17H,10-11,18-22H2,1H3,(H,30,34). The van der Waals surface area contributed by atoms with Crippen LogP contribution in [-0.2, 0) is 17.6 Å². The molecule has 0 saturated carbocycles. The lowest BCUT2D eigenvalue weighted by atomic mass is 10.1. The second-order valence-electron chi connectivity index (χ2n) is 8.57. The van der Waals surface area contributed by atoms with Gasteiger partial charge in [0.1, 0.15) is 5.82 Å². The summed E-state index contributed by atoms with van der Waals surface area (Å²) < 4.78 is 2.18. The van der Waals surface area contributed by atoms with Gasteiger partial charge in [-0.25, -0.2) is 0 Å². The molecule has 0 fully saturated rings. The third kappa shape index (κ3) is 7.30. The minimum Gasteiger partial charge on any atom is -0.356 e. The lowest BCUT2D eigenvalue weighted by molar-refractivity contribution is -0.121. The molecule has 0 spiro atoms. The number of amides is 1. The van der Waals surface area contributed by atoms with Crippen molar-refractivity contribution >= 4 is 17.7 Å². The van der Waals surface area contributed by atoms with Crippen LogP contribution in [0.2, 0.25) is 0 Å². The summed E-state index contributed by atoms with van der Waals surface area (Å²) >= 11 is 1.71. The number of carbonyl (C=O) groups is 1. The van der Waals surface area contributed by atoms with Gasteiger partial charge in [-0.1, -0.05) is 90.6 Å². The lowest BCUT2D eigenvalue weighted by Gasteiger charge is -2.13. The maximum Gasteiger partial charge on any atom is 0.220 e. The van der Waals surface area contributed by atoms with Gasteiger partial charge in [0.15, 0.2) is 5.16 Å². The van der Waals surface area contributed by atoms with Crippen LogP contribution in [0.1, 0.15) is 41.8 Å². The second-order valence-corrected chi connectivity index (χ2v) is 9.64. The molecule has 1 amide bonds. The number of carbonyl (C=O) groups excluding carboxylic acids is 1. The molecular formula is C29H32N4OS. The summed E-state index contributed by atoms with van der Waals surface area (Å²) in [6.07, 6.45) is 3.96. The van der Waals surface area contributed by atoms with Gasteiger partial charge in [-0.05, 0) is 48.9 Å². The van der Waals surface area contributed by atoms with Gasteiger partial charge in [-0.2, -0.15) is 0 Å². The first-order chi connectivity index (χ1) is 17.2. The number of nitrogens with zero attached hydrogens (tertiary/aromatic N) is 3. The third-order valence-corrected chi connectivity index (χ3v) is 6.89. The molecule has 0 radical (unpaired) electrons. The zero-order valence-electron chi connectivity index (χ0n) is 20.2. The topological polar surface area (TPSA) is 59.8 Å². The Morgan fingerprint density at radius 2 is 1.54 bits per heavy atom. The van der Waals surface area contributed by atoms with Crippen LogP contribution in [-0.4, -0.2) is 33.0 Å². The Balaban J connectivity index is 1.29. The molecule has 180 valence electrons. The molecule has 1 aromatic heterocycles. The van der Waals surface area contributed by atoms with Gasteiger partial charge in [0, 0.05) is 25.1 Å². The van der Waals surface area contributed by atoms with Crippen molar-refractivity contribution in [3.63, 3.8) is 0 Å². The van der Waals surface area contributed by atoms with E-state index in [0.29, 0.717) is 13.0 Å². The highest BCUT2D eigenvalue weighted by Crippen LogP contribution is 2.26. The fourth-order valence-electron chi connectivity index (χ4n) is 3.97. The van der Waals surface area contributed by atoms with Crippen molar-refractivity contribution in [1.29, 1.82) is 0 Å². The molecule has 0 unspecified atom stereocenters. The fourth-order valence-corrected chi connectivity index (χ4v) is 4.94. The molecule has 0 bridgehead atoms. The molecule has 1 heterocycles. The number of aromatic nitrogens is 3. The van der Waals surface area contributed by atoms with Crippen molar-refractivity contribution < 1.29 is 4.79 Å². The molecule has 6 heteroatoms. The van der Waals surface area contributed by atoms with Gasteiger partial charge in [0.25, 0.3) is 0 Å². The minimum atomic E-state index is 0.124. The molecule has 4 rings (SSSR count). The second kappa shape index (κ2) is 12.9. The molecule has 3 aromatic carbocycles. The van der Waals surface area contributed by atoms with E-state index in [1.165, 1.54) is 16.7 Å². The molecular weight excluding hydrogens is 452 g/mol. The minimum absolute atomic E-state index is 0.124. The van der Waals surface area contributed by atoms with E-state index in [2.05, 4.69) is 87.7 Å². The van der Waals surface area contributed by atoms with Gasteiger partial charge in [0.05, 0.1) is 5.69 Å². The summed E-state index contributed by atoms with van der Waals surface area (Å²) in [6, 6.07) is 29.0. The van der Waals surface area contributed by atoms with Crippen molar-refractivity contribution in [3.8, 4) is 5.69 Å². The van der Waals surface area contributed by atoms with E-state index >= 15 is 0 Å². The first-order valence-corrected chi connectivity index (χ1v) is 13.2. The van der Waals surface area contributed by atoms with Gasteiger partial charge in [0.2, 0.25) is 5.91 Å². The summed E-state index contributed by atoms with van der Waals surface area (Å²) in [5.41, 5.74) is 4.76.